The van der Waals surface area contributed by atoms with E-state index >= 15 is 0 Å². The van der Waals surface area contributed by atoms with Crippen LogP contribution in [0.3, 0.4) is 0 Å². The third-order valence-corrected chi connectivity index (χ3v) is 6.82. The summed E-state index contributed by atoms with van der Waals surface area (Å²) in [5, 5.41) is 9.27. The smallest absolute Gasteiger partial charge is 0.419 e. The first-order valence-electron chi connectivity index (χ1n) is 11.8. The van der Waals surface area contributed by atoms with Gasteiger partial charge in [-0.3, -0.25) is 8.97 Å². The van der Waals surface area contributed by atoms with Crippen LogP contribution in [0, 0.1) is 17.2 Å². The van der Waals surface area contributed by atoms with Crippen LogP contribution in [0.25, 0.3) is 39.1 Å². The lowest BCUT2D eigenvalue weighted by Gasteiger charge is -2.17. The number of nitriles is 1. The average molecular weight is 481 g/mol. The SMILES string of the molecule is CN1CC[C@@H](COc2nc(-c3ccc(C#N)cc3)c(-c3ccc4c(c3)oc(=O)n4C)c3nccn23)C1. The quantitative estimate of drug-likeness (QED) is 0.378. The number of aryl methyl sites for hydroxylation is 1. The van der Waals surface area contributed by atoms with Gasteiger partial charge in [-0.2, -0.15) is 10.2 Å². The molecule has 0 saturated carbocycles. The van der Waals surface area contributed by atoms with Gasteiger partial charge in [-0.05, 0) is 49.8 Å². The number of hydrogen-bond acceptors (Lipinski definition) is 7. The molecule has 9 nitrogen and oxygen atoms in total. The number of fused-ring (bicyclic) bond motifs is 2. The zero-order valence-corrected chi connectivity index (χ0v) is 20.0. The van der Waals surface area contributed by atoms with E-state index in [1.807, 2.05) is 40.9 Å². The van der Waals surface area contributed by atoms with Crippen molar-refractivity contribution in [3.8, 4) is 34.5 Å². The molecule has 0 N–H and O–H groups in total. The monoisotopic (exact) mass is 480 g/mol. The van der Waals surface area contributed by atoms with Crippen LogP contribution < -0.4 is 10.5 Å². The van der Waals surface area contributed by atoms with Gasteiger partial charge in [0.25, 0.3) is 0 Å². The summed E-state index contributed by atoms with van der Waals surface area (Å²) in [4.78, 5) is 24.0. The lowest BCUT2D eigenvalue weighted by atomic mass is 9.99. The standard InChI is InChI=1S/C27H24N6O3/c1-31-11-9-18(15-31)16-35-26-30-24(19-5-3-17(14-28)4-6-19)23(25-29-10-12-33(25)26)20-7-8-21-22(13-20)36-27(34)32(21)2/h3-8,10,12-13,18H,9,11,15-16H2,1-2H3/t18-/m1/s1. The molecule has 0 bridgehead atoms. The highest BCUT2D eigenvalue weighted by Gasteiger charge is 2.23. The minimum Gasteiger partial charge on any atom is -0.464 e. The Balaban J connectivity index is 1.53. The van der Waals surface area contributed by atoms with Gasteiger partial charge < -0.3 is 14.1 Å². The second-order valence-electron chi connectivity index (χ2n) is 9.27. The van der Waals surface area contributed by atoms with Crippen molar-refractivity contribution in [2.75, 3.05) is 26.7 Å². The summed E-state index contributed by atoms with van der Waals surface area (Å²) in [6.45, 7) is 2.63. The molecule has 4 heterocycles. The molecule has 0 aliphatic carbocycles. The van der Waals surface area contributed by atoms with Gasteiger partial charge in [-0.25, -0.2) is 9.78 Å². The van der Waals surface area contributed by atoms with Gasteiger partial charge >= 0.3 is 11.8 Å². The Morgan fingerprint density at radius 2 is 1.97 bits per heavy atom. The molecule has 0 amide bonds. The average Bonchev–Trinajstić information content (AvgIpc) is 3.61. The first kappa shape index (κ1) is 22.1. The Kier molecular flexibility index (Phi) is 5.31. The molecular weight excluding hydrogens is 456 g/mol. The third-order valence-electron chi connectivity index (χ3n) is 6.82. The molecule has 180 valence electrons. The zero-order valence-electron chi connectivity index (χ0n) is 20.0. The molecule has 9 heteroatoms. The van der Waals surface area contributed by atoms with Gasteiger partial charge in [-0.1, -0.05) is 18.2 Å². The van der Waals surface area contributed by atoms with E-state index < -0.39 is 5.76 Å². The Labute approximate surface area is 206 Å². The van der Waals surface area contributed by atoms with Crippen LogP contribution in [-0.2, 0) is 7.05 Å². The Morgan fingerprint density at radius 3 is 2.72 bits per heavy atom. The topological polar surface area (TPSA) is 102 Å². The van der Waals surface area contributed by atoms with E-state index in [-0.39, 0.29) is 0 Å². The number of likely N-dealkylation sites (tertiary alicyclic amines) is 1. The fourth-order valence-electron chi connectivity index (χ4n) is 4.88. The molecule has 1 saturated heterocycles. The van der Waals surface area contributed by atoms with Crippen molar-refractivity contribution in [2.45, 2.75) is 6.42 Å². The molecule has 3 aromatic heterocycles. The fraction of sp³-hybridized carbons (Fsp3) is 0.259. The molecule has 1 fully saturated rings. The first-order chi connectivity index (χ1) is 17.5. The van der Waals surface area contributed by atoms with Gasteiger partial charge in [0.15, 0.2) is 11.2 Å². The van der Waals surface area contributed by atoms with E-state index in [9.17, 15) is 10.1 Å². The van der Waals surface area contributed by atoms with Crippen molar-refractivity contribution in [2.24, 2.45) is 13.0 Å². The highest BCUT2D eigenvalue weighted by atomic mass is 16.5. The predicted molar refractivity (Wildman–Crippen MR) is 135 cm³/mol. The van der Waals surface area contributed by atoms with Gasteiger partial charge in [0.05, 0.1) is 35.0 Å². The Morgan fingerprint density at radius 1 is 1.17 bits per heavy atom. The van der Waals surface area contributed by atoms with Crippen molar-refractivity contribution in [1.29, 1.82) is 5.26 Å². The largest absolute Gasteiger partial charge is 0.464 e. The maximum absolute atomic E-state index is 12.1. The molecule has 1 aliphatic heterocycles. The minimum atomic E-state index is -0.417. The predicted octanol–water partition coefficient (Wildman–Crippen LogP) is 3.71. The van der Waals surface area contributed by atoms with E-state index in [2.05, 4.69) is 23.0 Å². The highest BCUT2D eigenvalue weighted by Crippen LogP contribution is 2.37. The molecular formula is C27H24N6O3. The van der Waals surface area contributed by atoms with Crippen molar-refractivity contribution in [1.82, 2.24) is 23.8 Å². The number of oxazole rings is 1. The van der Waals surface area contributed by atoms with Crippen LogP contribution in [0.2, 0.25) is 0 Å². The second kappa shape index (κ2) is 8.66. The summed E-state index contributed by atoms with van der Waals surface area (Å²) in [6.07, 6.45) is 4.65. The van der Waals surface area contributed by atoms with E-state index in [4.69, 9.17) is 14.1 Å². The van der Waals surface area contributed by atoms with Crippen LogP contribution in [0.15, 0.2) is 64.1 Å². The molecule has 0 radical (unpaired) electrons. The van der Waals surface area contributed by atoms with Crippen molar-refractivity contribution in [3.05, 3.63) is 71.0 Å². The summed E-state index contributed by atoms with van der Waals surface area (Å²) in [5.74, 6) is 0.0247. The van der Waals surface area contributed by atoms with E-state index in [0.717, 1.165) is 36.2 Å². The zero-order chi connectivity index (χ0) is 24.8. The lowest BCUT2D eigenvalue weighted by Crippen LogP contribution is -2.19. The van der Waals surface area contributed by atoms with Gasteiger partial charge in [0.1, 0.15) is 0 Å². The highest BCUT2D eigenvalue weighted by molar-refractivity contribution is 5.93. The molecule has 1 aliphatic rings. The first-order valence-corrected chi connectivity index (χ1v) is 11.8. The Bertz CT molecular complexity index is 1690. The van der Waals surface area contributed by atoms with Gasteiger partial charge in [0.2, 0.25) is 0 Å². The van der Waals surface area contributed by atoms with Gasteiger partial charge in [-0.15, -0.1) is 0 Å². The Hall–Kier alpha value is -4.42. The fourth-order valence-corrected chi connectivity index (χ4v) is 4.88. The van der Waals surface area contributed by atoms with Crippen LogP contribution in [0.1, 0.15) is 12.0 Å². The van der Waals surface area contributed by atoms with E-state index in [0.29, 0.717) is 46.5 Å². The lowest BCUT2D eigenvalue weighted by molar-refractivity contribution is 0.230. The molecule has 0 unspecified atom stereocenters. The van der Waals surface area contributed by atoms with Crippen LogP contribution in [0.5, 0.6) is 6.01 Å². The maximum atomic E-state index is 12.1. The van der Waals surface area contributed by atoms with Gasteiger partial charge in [0, 0.05) is 37.5 Å². The number of rotatable bonds is 5. The van der Waals surface area contributed by atoms with Crippen LogP contribution in [-0.4, -0.2) is 50.6 Å². The van der Waals surface area contributed by atoms with E-state index in [1.54, 1.807) is 25.4 Å². The number of benzene rings is 2. The molecule has 1 atom stereocenters. The summed E-state index contributed by atoms with van der Waals surface area (Å²) in [7, 11) is 3.80. The third kappa shape index (κ3) is 3.72. The maximum Gasteiger partial charge on any atom is 0.419 e. The molecule has 36 heavy (non-hydrogen) atoms. The molecule has 2 aromatic carbocycles. The summed E-state index contributed by atoms with van der Waals surface area (Å²) in [5.41, 5.74) is 5.54. The van der Waals surface area contributed by atoms with Crippen molar-refractivity contribution in [3.63, 3.8) is 0 Å². The second-order valence-corrected chi connectivity index (χ2v) is 9.27. The van der Waals surface area contributed by atoms with Crippen molar-refractivity contribution >= 4 is 16.7 Å². The van der Waals surface area contributed by atoms with Crippen molar-refractivity contribution < 1.29 is 9.15 Å². The molecule has 6 rings (SSSR count). The number of hydrogen-bond donors (Lipinski definition) is 0. The summed E-state index contributed by atoms with van der Waals surface area (Å²) < 4.78 is 15.0. The van der Waals surface area contributed by atoms with Crippen LogP contribution in [0.4, 0.5) is 0 Å². The molecule has 0 spiro atoms. The van der Waals surface area contributed by atoms with E-state index in [1.165, 1.54) is 4.57 Å². The van der Waals surface area contributed by atoms with Crippen LogP contribution >= 0.6 is 0 Å². The summed E-state index contributed by atoms with van der Waals surface area (Å²) >= 11 is 0. The number of aromatic nitrogens is 4. The number of ether oxygens (including phenoxy) is 1. The number of imidazole rings is 1. The normalized spacial score (nSPS) is 16.1. The summed E-state index contributed by atoms with van der Waals surface area (Å²) in [6, 6.07) is 15.5. The molecule has 5 aromatic rings. The number of nitrogens with zero attached hydrogens (tertiary/aromatic N) is 6. The minimum absolute atomic E-state index is 0.417.